The van der Waals surface area contributed by atoms with Gasteiger partial charge in [-0.15, -0.1) is 22.7 Å². The molecule has 1 N–H and O–H groups in total. The summed E-state index contributed by atoms with van der Waals surface area (Å²) in [5.74, 6) is 0.821. The van der Waals surface area contributed by atoms with Crippen molar-refractivity contribution >= 4 is 33.6 Å². The monoisotopic (exact) mass is 287 g/mol. The van der Waals surface area contributed by atoms with E-state index in [2.05, 4.69) is 40.6 Å². The first kappa shape index (κ1) is 12.3. The number of aromatic nitrogens is 2. The molecule has 0 radical (unpaired) electrons. The molecule has 96 valence electrons. The second kappa shape index (κ2) is 5.11. The average Bonchev–Trinajstić information content (AvgIpc) is 2.97. The molecule has 0 aliphatic carbocycles. The number of aryl methyl sites for hydroxylation is 2. The van der Waals surface area contributed by atoms with E-state index in [0.717, 1.165) is 16.6 Å². The Hall–Kier alpha value is -1.72. The Morgan fingerprint density at radius 1 is 1.21 bits per heavy atom. The van der Waals surface area contributed by atoms with Gasteiger partial charge in [0.2, 0.25) is 0 Å². The van der Waals surface area contributed by atoms with Crippen LogP contribution in [-0.4, -0.2) is 9.97 Å². The van der Waals surface area contributed by atoms with Crippen molar-refractivity contribution in [3.8, 4) is 11.3 Å². The summed E-state index contributed by atoms with van der Waals surface area (Å²) in [7, 11) is 0. The Morgan fingerprint density at radius 3 is 2.79 bits per heavy atom. The molecule has 3 rings (SSSR count). The Labute approximate surface area is 120 Å². The van der Waals surface area contributed by atoms with Crippen LogP contribution in [0, 0.1) is 13.8 Å². The van der Waals surface area contributed by atoms with Gasteiger partial charge in [0.15, 0.2) is 5.13 Å². The van der Waals surface area contributed by atoms with Crippen LogP contribution in [0.3, 0.4) is 0 Å². The van der Waals surface area contributed by atoms with Crippen molar-refractivity contribution < 1.29 is 0 Å². The lowest BCUT2D eigenvalue weighted by atomic mass is 10.2. The SMILES string of the molecule is Cc1cc(-c2csc(Nc3ccccn3)n2)c(C)s1. The molecule has 0 aliphatic heterocycles. The Morgan fingerprint density at radius 2 is 2.11 bits per heavy atom. The smallest absolute Gasteiger partial charge is 0.188 e. The van der Waals surface area contributed by atoms with Crippen LogP contribution in [0.15, 0.2) is 35.8 Å². The number of thiazole rings is 1. The van der Waals surface area contributed by atoms with E-state index in [1.54, 1.807) is 17.5 Å². The highest BCUT2D eigenvalue weighted by Crippen LogP contribution is 2.33. The first-order valence-electron chi connectivity index (χ1n) is 5.93. The molecular formula is C14H13N3S2. The molecule has 3 nitrogen and oxygen atoms in total. The van der Waals surface area contributed by atoms with E-state index in [1.165, 1.54) is 15.3 Å². The van der Waals surface area contributed by atoms with Crippen molar-refractivity contribution in [3.63, 3.8) is 0 Å². The zero-order valence-electron chi connectivity index (χ0n) is 10.7. The molecule has 0 spiro atoms. The molecule has 3 aromatic heterocycles. The molecule has 3 heterocycles. The van der Waals surface area contributed by atoms with Crippen molar-refractivity contribution in [2.24, 2.45) is 0 Å². The van der Waals surface area contributed by atoms with Gasteiger partial charge in [0, 0.05) is 26.9 Å². The predicted molar refractivity (Wildman–Crippen MR) is 82.4 cm³/mol. The molecule has 0 amide bonds. The van der Waals surface area contributed by atoms with E-state index in [9.17, 15) is 0 Å². The number of hydrogen-bond acceptors (Lipinski definition) is 5. The molecule has 0 atom stereocenters. The topological polar surface area (TPSA) is 37.8 Å². The number of pyridine rings is 1. The van der Waals surface area contributed by atoms with Crippen LogP contribution in [0.25, 0.3) is 11.3 Å². The van der Waals surface area contributed by atoms with E-state index in [4.69, 9.17) is 0 Å². The van der Waals surface area contributed by atoms with Crippen LogP contribution >= 0.6 is 22.7 Å². The van der Waals surface area contributed by atoms with E-state index < -0.39 is 0 Å². The van der Waals surface area contributed by atoms with Gasteiger partial charge >= 0.3 is 0 Å². The quantitative estimate of drug-likeness (QED) is 0.763. The molecule has 19 heavy (non-hydrogen) atoms. The van der Waals surface area contributed by atoms with Crippen LogP contribution in [0.2, 0.25) is 0 Å². The molecule has 0 saturated carbocycles. The zero-order valence-corrected chi connectivity index (χ0v) is 12.3. The molecule has 0 aliphatic rings. The van der Waals surface area contributed by atoms with Gasteiger partial charge in [0.05, 0.1) is 5.69 Å². The standard InChI is InChI=1S/C14H13N3S2/c1-9-7-11(10(2)19-9)12-8-18-14(16-12)17-13-5-3-4-6-15-13/h3-8H,1-2H3,(H,15,16,17). The lowest BCUT2D eigenvalue weighted by Gasteiger charge is -1.99. The maximum Gasteiger partial charge on any atom is 0.188 e. The number of anilines is 2. The van der Waals surface area contributed by atoms with Crippen molar-refractivity contribution in [3.05, 3.63) is 45.6 Å². The molecule has 0 aromatic carbocycles. The summed E-state index contributed by atoms with van der Waals surface area (Å²) in [6, 6.07) is 7.98. The average molecular weight is 287 g/mol. The number of nitrogens with one attached hydrogen (secondary N) is 1. The minimum atomic E-state index is 0.821. The van der Waals surface area contributed by atoms with Crippen LogP contribution < -0.4 is 5.32 Å². The molecule has 0 fully saturated rings. The van der Waals surface area contributed by atoms with Gasteiger partial charge in [0.1, 0.15) is 5.82 Å². The number of thiophene rings is 1. The first-order chi connectivity index (χ1) is 9.22. The van der Waals surface area contributed by atoms with Gasteiger partial charge < -0.3 is 5.32 Å². The second-order valence-corrected chi connectivity index (χ2v) is 6.52. The van der Waals surface area contributed by atoms with Gasteiger partial charge in [-0.05, 0) is 32.0 Å². The number of hydrogen-bond donors (Lipinski definition) is 1. The highest BCUT2D eigenvalue weighted by molar-refractivity contribution is 7.14. The summed E-state index contributed by atoms with van der Waals surface area (Å²) in [5, 5.41) is 6.18. The van der Waals surface area contributed by atoms with Crippen LogP contribution in [0.4, 0.5) is 10.9 Å². The fourth-order valence-corrected chi connectivity index (χ4v) is 3.54. The van der Waals surface area contributed by atoms with Crippen LogP contribution in [0.1, 0.15) is 9.75 Å². The van der Waals surface area contributed by atoms with Crippen LogP contribution in [-0.2, 0) is 0 Å². The largest absolute Gasteiger partial charge is 0.316 e. The predicted octanol–water partition coefficient (Wildman–Crippen LogP) is 4.63. The minimum absolute atomic E-state index is 0.821. The van der Waals surface area contributed by atoms with E-state index in [0.29, 0.717) is 0 Å². The van der Waals surface area contributed by atoms with Gasteiger partial charge in [-0.25, -0.2) is 9.97 Å². The van der Waals surface area contributed by atoms with E-state index in [-0.39, 0.29) is 0 Å². The number of rotatable bonds is 3. The van der Waals surface area contributed by atoms with Crippen molar-refractivity contribution in [2.45, 2.75) is 13.8 Å². The second-order valence-electron chi connectivity index (χ2n) is 4.20. The molecule has 0 saturated heterocycles. The third-order valence-electron chi connectivity index (χ3n) is 2.72. The maximum atomic E-state index is 4.62. The number of nitrogens with zero attached hydrogens (tertiary/aromatic N) is 2. The highest BCUT2D eigenvalue weighted by Gasteiger charge is 2.10. The van der Waals surface area contributed by atoms with E-state index >= 15 is 0 Å². The minimum Gasteiger partial charge on any atom is -0.316 e. The lowest BCUT2D eigenvalue weighted by molar-refractivity contribution is 1.29. The first-order valence-corrected chi connectivity index (χ1v) is 7.63. The van der Waals surface area contributed by atoms with Crippen molar-refractivity contribution in [2.75, 3.05) is 5.32 Å². The van der Waals surface area contributed by atoms with Gasteiger partial charge in [-0.2, -0.15) is 0 Å². The molecule has 0 unspecified atom stereocenters. The summed E-state index contributed by atoms with van der Waals surface area (Å²) in [6.45, 7) is 4.26. The van der Waals surface area contributed by atoms with Crippen molar-refractivity contribution in [1.82, 2.24) is 9.97 Å². The summed E-state index contributed by atoms with van der Waals surface area (Å²) >= 11 is 3.41. The highest BCUT2D eigenvalue weighted by atomic mass is 32.1. The molecular weight excluding hydrogens is 274 g/mol. The van der Waals surface area contributed by atoms with Crippen LogP contribution in [0.5, 0.6) is 0 Å². The van der Waals surface area contributed by atoms with E-state index in [1.807, 2.05) is 29.5 Å². The Bertz CT molecular complexity index is 686. The third-order valence-corrected chi connectivity index (χ3v) is 4.44. The fourth-order valence-electron chi connectivity index (χ4n) is 1.89. The summed E-state index contributed by atoms with van der Waals surface area (Å²) in [6.07, 6.45) is 1.77. The van der Waals surface area contributed by atoms with Gasteiger partial charge in [-0.3, -0.25) is 0 Å². The summed E-state index contributed by atoms with van der Waals surface area (Å²) in [5.41, 5.74) is 2.26. The summed E-state index contributed by atoms with van der Waals surface area (Å²) in [4.78, 5) is 11.5. The molecule has 0 bridgehead atoms. The summed E-state index contributed by atoms with van der Waals surface area (Å²) < 4.78 is 0. The van der Waals surface area contributed by atoms with Gasteiger partial charge in [-0.1, -0.05) is 6.07 Å². The normalized spacial score (nSPS) is 10.6. The third kappa shape index (κ3) is 2.67. The maximum absolute atomic E-state index is 4.62. The fraction of sp³-hybridized carbons (Fsp3) is 0.143. The Balaban J connectivity index is 1.86. The molecule has 5 heteroatoms. The van der Waals surface area contributed by atoms with Gasteiger partial charge in [0.25, 0.3) is 0 Å². The molecule has 3 aromatic rings. The lowest BCUT2D eigenvalue weighted by Crippen LogP contribution is -1.91. The zero-order chi connectivity index (χ0) is 13.2. The van der Waals surface area contributed by atoms with Crippen molar-refractivity contribution in [1.29, 1.82) is 0 Å². The Kier molecular flexibility index (Phi) is 3.31.